The average molecular weight is 336 g/mol. The molecule has 0 aliphatic carbocycles. The molecule has 0 fully saturated rings. The predicted octanol–water partition coefficient (Wildman–Crippen LogP) is 1.92. The molecule has 1 aromatic rings. The Hall–Kier alpha value is -1.90. The zero-order valence-corrected chi connectivity index (χ0v) is 13.3. The molecule has 9 heteroatoms. The quantitative estimate of drug-likeness (QED) is 0.831. The molecule has 6 nitrogen and oxygen atoms in total. The summed E-state index contributed by atoms with van der Waals surface area (Å²) in [5.74, 6) is -2.64. The Bertz CT molecular complexity index is 624. The summed E-state index contributed by atoms with van der Waals surface area (Å²) in [6, 6.07) is 1.06. The van der Waals surface area contributed by atoms with Crippen molar-refractivity contribution in [3.8, 4) is 5.75 Å². The highest BCUT2D eigenvalue weighted by Crippen LogP contribution is 2.26. The molecule has 0 saturated carbocycles. The molecule has 2 amide bonds. The van der Waals surface area contributed by atoms with Gasteiger partial charge in [0.15, 0.2) is 17.4 Å². The number of amides is 2. The molecular weight excluding hydrogens is 318 g/mol. The van der Waals surface area contributed by atoms with Crippen molar-refractivity contribution < 1.29 is 26.7 Å². The minimum Gasteiger partial charge on any atom is -0.485 e. The van der Waals surface area contributed by atoms with Crippen LogP contribution >= 0.6 is 0 Å². The molecule has 0 heterocycles. The molecule has 0 saturated heterocycles. The number of nitrogens with one attached hydrogen (secondary N) is 2. The summed E-state index contributed by atoms with van der Waals surface area (Å²) >= 11 is 0. The maximum atomic E-state index is 13.7. The van der Waals surface area contributed by atoms with Gasteiger partial charge >= 0.3 is 6.03 Å². The van der Waals surface area contributed by atoms with E-state index in [4.69, 9.17) is 4.74 Å². The fourth-order valence-corrected chi connectivity index (χ4v) is 1.98. The number of carbonyl (C=O) groups is 1. The van der Waals surface area contributed by atoms with E-state index in [2.05, 4.69) is 10.6 Å². The smallest absolute Gasteiger partial charge is 0.319 e. The lowest BCUT2D eigenvalue weighted by Gasteiger charge is -2.13. The highest BCUT2D eigenvalue weighted by molar-refractivity contribution is 7.90. The number of halogens is 2. The third kappa shape index (κ3) is 6.25. The molecule has 0 aliphatic rings. The normalized spacial score (nSPS) is 11.4. The van der Waals surface area contributed by atoms with E-state index >= 15 is 0 Å². The lowest BCUT2D eigenvalue weighted by atomic mass is 10.2. The summed E-state index contributed by atoms with van der Waals surface area (Å²) < 4.78 is 54.2. The first-order chi connectivity index (χ1) is 10.1. The van der Waals surface area contributed by atoms with Crippen LogP contribution in [0.3, 0.4) is 0 Å². The van der Waals surface area contributed by atoms with E-state index in [-0.39, 0.29) is 18.0 Å². The van der Waals surface area contributed by atoms with E-state index in [1.807, 2.05) is 0 Å². The molecule has 0 spiro atoms. The van der Waals surface area contributed by atoms with Crippen LogP contribution in [0, 0.1) is 11.6 Å². The van der Waals surface area contributed by atoms with E-state index < -0.39 is 39.4 Å². The van der Waals surface area contributed by atoms with Gasteiger partial charge in [-0.3, -0.25) is 0 Å². The van der Waals surface area contributed by atoms with Crippen molar-refractivity contribution in [1.82, 2.24) is 5.32 Å². The Kier molecular flexibility index (Phi) is 6.10. The van der Waals surface area contributed by atoms with Crippen molar-refractivity contribution in [3.63, 3.8) is 0 Å². The summed E-state index contributed by atoms with van der Waals surface area (Å²) in [7, 11) is -3.20. The number of ether oxygens (including phenoxy) is 1. The van der Waals surface area contributed by atoms with Gasteiger partial charge in [-0.05, 0) is 13.8 Å². The number of hydrogen-bond acceptors (Lipinski definition) is 4. The van der Waals surface area contributed by atoms with Crippen LogP contribution in [0.1, 0.15) is 13.8 Å². The first-order valence-corrected chi connectivity index (χ1v) is 8.53. The van der Waals surface area contributed by atoms with Crippen molar-refractivity contribution in [1.29, 1.82) is 0 Å². The van der Waals surface area contributed by atoms with Crippen LogP contribution in [0.25, 0.3) is 0 Å². The molecule has 2 N–H and O–H groups in total. The van der Waals surface area contributed by atoms with Gasteiger partial charge in [0.25, 0.3) is 0 Å². The van der Waals surface area contributed by atoms with Gasteiger partial charge in [0.1, 0.15) is 9.84 Å². The number of benzene rings is 1. The molecule has 1 aromatic carbocycles. The monoisotopic (exact) mass is 336 g/mol. The Morgan fingerprint density at radius 1 is 1.27 bits per heavy atom. The van der Waals surface area contributed by atoms with Crippen molar-refractivity contribution in [2.24, 2.45) is 0 Å². The molecule has 1 rings (SSSR count). The molecule has 0 unspecified atom stereocenters. The standard InChI is InChI=1S/C13H18F2N2O4S/c1-8(2)21-12-10(14)6-9(7-11(12)15)17-13(18)16-4-5-22(3,19)20/h6-8H,4-5H2,1-3H3,(H2,16,17,18). The SMILES string of the molecule is CC(C)Oc1c(F)cc(NC(=O)NCCS(C)(=O)=O)cc1F. The second-order valence-electron chi connectivity index (χ2n) is 4.95. The molecular formula is C13H18F2N2O4S. The summed E-state index contributed by atoms with van der Waals surface area (Å²) in [5.41, 5.74) is -0.108. The van der Waals surface area contributed by atoms with Crippen LogP contribution in [0.5, 0.6) is 5.75 Å². The highest BCUT2D eigenvalue weighted by atomic mass is 32.2. The molecule has 22 heavy (non-hydrogen) atoms. The van der Waals surface area contributed by atoms with Crippen LogP contribution in [0.2, 0.25) is 0 Å². The van der Waals surface area contributed by atoms with Gasteiger partial charge in [0.2, 0.25) is 0 Å². The van der Waals surface area contributed by atoms with Gasteiger partial charge in [-0.25, -0.2) is 22.0 Å². The van der Waals surface area contributed by atoms with E-state index in [1.165, 1.54) is 0 Å². The third-order valence-electron chi connectivity index (χ3n) is 2.37. The second-order valence-corrected chi connectivity index (χ2v) is 7.21. The average Bonchev–Trinajstić information content (AvgIpc) is 2.31. The molecule has 0 radical (unpaired) electrons. The minimum atomic E-state index is -3.20. The lowest BCUT2D eigenvalue weighted by Crippen LogP contribution is -2.32. The second kappa shape index (κ2) is 7.39. The maximum Gasteiger partial charge on any atom is 0.319 e. The first kappa shape index (κ1) is 18.1. The van der Waals surface area contributed by atoms with Crippen LogP contribution in [-0.4, -0.2) is 39.1 Å². The predicted molar refractivity (Wildman–Crippen MR) is 78.9 cm³/mol. The molecule has 0 aliphatic heterocycles. The van der Waals surface area contributed by atoms with Gasteiger partial charge < -0.3 is 15.4 Å². The highest BCUT2D eigenvalue weighted by Gasteiger charge is 2.15. The zero-order chi connectivity index (χ0) is 16.9. The first-order valence-electron chi connectivity index (χ1n) is 6.47. The number of urea groups is 1. The Labute approximate surface area is 127 Å². The van der Waals surface area contributed by atoms with Crippen LogP contribution in [0.4, 0.5) is 19.3 Å². The molecule has 0 aromatic heterocycles. The Morgan fingerprint density at radius 3 is 2.27 bits per heavy atom. The summed E-state index contributed by atoms with van der Waals surface area (Å²) in [6.45, 7) is 3.14. The third-order valence-corrected chi connectivity index (χ3v) is 3.31. The largest absolute Gasteiger partial charge is 0.485 e. The van der Waals surface area contributed by atoms with Gasteiger partial charge in [0.05, 0.1) is 11.9 Å². The fraction of sp³-hybridized carbons (Fsp3) is 0.462. The van der Waals surface area contributed by atoms with Crippen molar-refractivity contribution in [2.75, 3.05) is 23.9 Å². The van der Waals surface area contributed by atoms with Gasteiger partial charge in [-0.15, -0.1) is 0 Å². The lowest BCUT2D eigenvalue weighted by molar-refractivity contribution is 0.219. The van der Waals surface area contributed by atoms with E-state index in [0.717, 1.165) is 18.4 Å². The van der Waals surface area contributed by atoms with Crippen molar-refractivity contribution >= 4 is 21.6 Å². The summed E-state index contributed by atoms with van der Waals surface area (Å²) in [5, 5.41) is 4.48. The van der Waals surface area contributed by atoms with E-state index in [9.17, 15) is 22.0 Å². The van der Waals surface area contributed by atoms with Gasteiger partial charge in [-0.2, -0.15) is 0 Å². The van der Waals surface area contributed by atoms with Gasteiger partial charge in [-0.1, -0.05) is 0 Å². The number of hydrogen-bond donors (Lipinski definition) is 2. The van der Waals surface area contributed by atoms with Crippen LogP contribution < -0.4 is 15.4 Å². The summed E-state index contributed by atoms with van der Waals surface area (Å²) in [6.07, 6.45) is 0.632. The number of carbonyl (C=O) groups excluding carboxylic acids is 1. The van der Waals surface area contributed by atoms with Crippen molar-refractivity contribution in [3.05, 3.63) is 23.8 Å². The number of anilines is 1. The van der Waals surface area contributed by atoms with Crippen LogP contribution in [0.15, 0.2) is 12.1 Å². The zero-order valence-electron chi connectivity index (χ0n) is 12.4. The minimum absolute atomic E-state index is 0.107. The molecule has 124 valence electrons. The van der Waals surface area contributed by atoms with Crippen molar-refractivity contribution in [2.45, 2.75) is 20.0 Å². The fourth-order valence-electron chi connectivity index (χ4n) is 1.51. The maximum absolute atomic E-state index is 13.7. The number of sulfone groups is 1. The molecule has 0 atom stereocenters. The Balaban J connectivity index is 2.68. The number of rotatable bonds is 6. The molecule has 0 bridgehead atoms. The van der Waals surface area contributed by atoms with E-state index in [0.29, 0.717) is 0 Å². The van der Waals surface area contributed by atoms with E-state index in [1.54, 1.807) is 13.8 Å². The van der Waals surface area contributed by atoms with Gasteiger partial charge in [0, 0.05) is 30.6 Å². The Morgan fingerprint density at radius 2 is 1.82 bits per heavy atom. The van der Waals surface area contributed by atoms with Crippen LogP contribution in [-0.2, 0) is 9.84 Å². The topological polar surface area (TPSA) is 84.5 Å². The summed E-state index contributed by atoms with van der Waals surface area (Å²) in [4.78, 5) is 11.5.